The van der Waals surface area contributed by atoms with Gasteiger partial charge in [0, 0.05) is 12.8 Å². The average molecular weight is 299 g/mol. The topological polar surface area (TPSA) is 50.1 Å². The number of hydrogen-bond acceptors (Lipinski definition) is 3. The SMILES string of the molecule is CCC(=O)CC[C@H]1CC[C@H](COc2ccc(C#N)cc2)CC1. The van der Waals surface area contributed by atoms with Gasteiger partial charge in [0.15, 0.2) is 0 Å². The van der Waals surface area contributed by atoms with Crippen molar-refractivity contribution in [1.82, 2.24) is 0 Å². The minimum atomic E-state index is 0.395. The molecule has 0 N–H and O–H groups in total. The highest BCUT2D eigenvalue weighted by molar-refractivity contribution is 5.77. The van der Waals surface area contributed by atoms with Crippen LogP contribution in [0.1, 0.15) is 57.4 Å². The number of Topliss-reactive ketones (excluding diaryl/α,β-unsaturated/α-hetero) is 1. The molecule has 1 saturated carbocycles. The second-order valence-corrected chi connectivity index (χ2v) is 6.26. The molecule has 1 aromatic carbocycles. The lowest BCUT2D eigenvalue weighted by atomic mass is 9.80. The average Bonchev–Trinajstić information content (AvgIpc) is 2.59. The maximum absolute atomic E-state index is 11.4. The van der Waals surface area contributed by atoms with E-state index in [-0.39, 0.29) is 0 Å². The quantitative estimate of drug-likeness (QED) is 0.744. The molecular weight excluding hydrogens is 274 g/mol. The highest BCUT2D eigenvalue weighted by atomic mass is 16.5. The molecule has 0 atom stereocenters. The largest absolute Gasteiger partial charge is 0.493 e. The second kappa shape index (κ2) is 8.58. The molecule has 22 heavy (non-hydrogen) atoms. The van der Waals surface area contributed by atoms with Gasteiger partial charge in [0.25, 0.3) is 0 Å². The number of ether oxygens (including phenoxy) is 1. The molecule has 0 amide bonds. The van der Waals surface area contributed by atoms with Crippen LogP contribution >= 0.6 is 0 Å². The Morgan fingerprint density at radius 2 is 1.82 bits per heavy atom. The first-order chi connectivity index (χ1) is 10.7. The number of benzene rings is 1. The molecule has 3 nitrogen and oxygen atoms in total. The van der Waals surface area contributed by atoms with E-state index in [4.69, 9.17) is 10.00 Å². The van der Waals surface area contributed by atoms with Gasteiger partial charge in [-0.1, -0.05) is 19.8 Å². The lowest BCUT2D eigenvalue weighted by Gasteiger charge is -2.28. The van der Waals surface area contributed by atoms with Crippen LogP contribution in [0.3, 0.4) is 0 Å². The predicted molar refractivity (Wildman–Crippen MR) is 86.6 cm³/mol. The third kappa shape index (κ3) is 5.18. The van der Waals surface area contributed by atoms with Crippen molar-refractivity contribution in [2.24, 2.45) is 11.8 Å². The maximum Gasteiger partial charge on any atom is 0.132 e. The van der Waals surface area contributed by atoms with Crippen LogP contribution in [0, 0.1) is 23.2 Å². The van der Waals surface area contributed by atoms with E-state index in [9.17, 15) is 4.79 Å². The van der Waals surface area contributed by atoms with Crippen molar-refractivity contribution < 1.29 is 9.53 Å². The molecule has 0 unspecified atom stereocenters. The molecule has 1 fully saturated rings. The minimum absolute atomic E-state index is 0.395. The van der Waals surface area contributed by atoms with Crippen LogP contribution in [0.4, 0.5) is 0 Å². The van der Waals surface area contributed by atoms with Crippen molar-refractivity contribution in [3.63, 3.8) is 0 Å². The summed E-state index contributed by atoms with van der Waals surface area (Å²) in [7, 11) is 0. The van der Waals surface area contributed by atoms with Gasteiger partial charge in [-0.15, -0.1) is 0 Å². The summed E-state index contributed by atoms with van der Waals surface area (Å²) in [6, 6.07) is 9.41. The number of nitrogens with zero attached hydrogens (tertiary/aromatic N) is 1. The first-order valence-corrected chi connectivity index (χ1v) is 8.36. The van der Waals surface area contributed by atoms with Gasteiger partial charge in [0.2, 0.25) is 0 Å². The summed E-state index contributed by atoms with van der Waals surface area (Å²) in [5, 5.41) is 8.77. The van der Waals surface area contributed by atoms with E-state index in [1.807, 2.05) is 19.1 Å². The van der Waals surface area contributed by atoms with Crippen molar-refractivity contribution in [3.8, 4) is 11.8 Å². The Kier molecular flexibility index (Phi) is 6.45. The Bertz CT molecular complexity index is 507. The summed E-state index contributed by atoms with van der Waals surface area (Å²) in [4.78, 5) is 11.4. The second-order valence-electron chi connectivity index (χ2n) is 6.26. The summed E-state index contributed by atoms with van der Waals surface area (Å²) in [6.45, 7) is 2.70. The summed E-state index contributed by atoms with van der Waals surface area (Å²) in [5.41, 5.74) is 0.662. The van der Waals surface area contributed by atoms with Gasteiger partial charge in [-0.2, -0.15) is 5.26 Å². The number of hydrogen-bond donors (Lipinski definition) is 0. The van der Waals surface area contributed by atoms with Crippen LogP contribution in [-0.2, 0) is 4.79 Å². The maximum atomic E-state index is 11.4. The van der Waals surface area contributed by atoms with E-state index >= 15 is 0 Å². The van der Waals surface area contributed by atoms with Crippen molar-refractivity contribution >= 4 is 5.78 Å². The van der Waals surface area contributed by atoms with Crippen LogP contribution in [0.5, 0.6) is 5.75 Å². The van der Waals surface area contributed by atoms with Gasteiger partial charge in [0.05, 0.1) is 18.2 Å². The predicted octanol–water partition coefficient (Wildman–Crippen LogP) is 4.50. The van der Waals surface area contributed by atoms with Crippen molar-refractivity contribution in [3.05, 3.63) is 29.8 Å². The summed E-state index contributed by atoms with van der Waals surface area (Å²) < 4.78 is 5.83. The molecular formula is C19H25NO2. The lowest BCUT2D eigenvalue weighted by molar-refractivity contribution is -0.119. The van der Waals surface area contributed by atoms with Crippen molar-refractivity contribution in [2.45, 2.75) is 51.9 Å². The van der Waals surface area contributed by atoms with Gasteiger partial charge < -0.3 is 4.74 Å². The molecule has 0 saturated heterocycles. The first-order valence-electron chi connectivity index (χ1n) is 8.36. The van der Waals surface area contributed by atoms with Crippen LogP contribution < -0.4 is 4.74 Å². The Morgan fingerprint density at radius 1 is 1.18 bits per heavy atom. The highest BCUT2D eigenvalue weighted by Crippen LogP contribution is 2.32. The molecule has 0 heterocycles. The van der Waals surface area contributed by atoms with Crippen LogP contribution in [0.25, 0.3) is 0 Å². The zero-order chi connectivity index (χ0) is 15.8. The Hall–Kier alpha value is -1.82. The fourth-order valence-corrected chi connectivity index (χ4v) is 3.07. The lowest BCUT2D eigenvalue weighted by Crippen LogP contribution is -2.20. The normalized spacial score (nSPS) is 21.1. The standard InChI is InChI=1S/C19H25NO2/c1-2-18(21)10-7-15-3-5-17(6-4-15)14-22-19-11-8-16(13-20)9-12-19/h8-9,11-12,15,17H,2-7,10,14H2,1H3/t15-,17-. The molecule has 2 rings (SSSR count). The number of carbonyl (C=O) groups excluding carboxylic acids is 1. The zero-order valence-electron chi connectivity index (χ0n) is 13.4. The van der Waals surface area contributed by atoms with Crippen LogP contribution in [0.2, 0.25) is 0 Å². The molecule has 1 aliphatic carbocycles. The van der Waals surface area contributed by atoms with Gasteiger partial charge >= 0.3 is 0 Å². The molecule has 1 aliphatic rings. The summed E-state index contributed by atoms with van der Waals surface area (Å²) >= 11 is 0. The molecule has 3 heteroatoms. The first kappa shape index (κ1) is 16.5. The molecule has 0 aromatic heterocycles. The third-order valence-corrected chi connectivity index (χ3v) is 4.66. The molecule has 118 valence electrons. The van der Waals surface area contributed by atoms with Gasteiger partial charge in [0.1, 0.15) is 11.5 Å². The van der Waals surface area contributed by atoms with E-state index in [0.717, 1.165) is 31.1 Å². The molecule has 0 spiro atoms. The van der Waals surface area contributed by atoms with Gasteiger partial charge in [-0.25, -0.2) is 0 Å². The van der Waals surface area contributed by atoms with E-state index < -0.39 is 0 Å². The van der Waals surface area contributed by atoms with E-state index in [1.165, 1.54) is 25.7 Å². The fraction of sp³-hybridized carbons (Fsp3) is 0.579. The Morgan fingerprint density at radius 3 is 2.41 bits per heavy atom. The highest BCUT2D eigenvalue weighted by Gasteiger charge is 2.22. The van der Waals surface area contributed by atoms with E-state index in [1.54, 1.807) is 12.1 Å². The Balaban J connectivity index is 1.66. The van der Waals surface area contributed by atoms with Gasteiger partial charge in [-0.3, -0.25) is 4.79 Å². The zero-order valence-corrected chi connectivity index (χ0v) is 13.4. The fourth-order valence-electron chi connectivity index (χ4n) is 3.07. The molecule has 0 bridgehead atoms. The summed E-state index contributed by atoms with van der Waals surface area (Å²) in [5.74, 6) is 2.58. The smallest absolute Gasteiger partial charge is 0.132 e. The van der Waals surface area contributed by atoms with Crippen molar-refractivity contribution in [2.75, 3.05) is 6.61 Å². The van der Waals surface area contributed by atoms with Gasteiger partial charge in [-0.05, 0) is 55.4 Å². The monoisotopic (exact) mass is 299 g/mol. The number of nitriles is 1. The summed E-state index contributed by atoms with van der Waals surface area (Å²) in [6.07, 6.45) is 7.33. The number of ketones is 1. The molecule has 0 radical (unpaired) electrons. The Labute approximate surface area is 133 Å². The minimum Gasteiger partial charge on any atom is -0.493 e. The van der Waals surface area contributed by atoms with E-state index in [2.05, 4.69) is 6.07 Å². The number of rotatable bonds is 7. The van der Waals surface area contributed by atoms with Crippen molar-refractivity contribution in [1.29, 1.82) is 5.26 Å². The third-order valence-electron chi connectivity index (χ3n) is 4.66. The number of carbonyl (C=O) groups is 1. The molecule has 1 aromatic rings. The van der Waals surface area contributed by atoms with E-state index in [0.29, 0.717) is 23.7 Å². The van der Waals surface area contributed by atoms with Crippen LogP contribution in [0.15, 0.2) is 24.3 Å². The molecule has 0 aliphatic heterocycles. The van der Waals surface area contributed by atoms with Crippen LogP contribution in [-0.4, -0.2) is 12.4 Å².